The predicted octanol–water partition coefficient (Wildman–Crippen LogP) is 1.96. The van der Waals surface area contributed by atoms with Crippen LogP contribution < -0.4 is 0 Å². The first-order valence-corrected chi connectivity index (χ1v) is 7.83. The summed E-state index contributed by atoms with van der Waals surface area (Å²) in [4.78, 5) is 20.9. The van der Waals surface area contributed by atoms with Crippen LogP contribution in [0, 0.1) is 5.82 Å². The third kappa shape index (κ3) is 3.66. The number of hydrogen-bond donors (Lipinski definition) is 0. The molecule has 2 aliphatic heterocycles. The van der Waals surface area contributed by atoms with Crippen LogP contribution in [0.2, 0.25) is 0 Å². The van der Waals surface area contributed by atoms with Crippen molar-refractivity contribution in [1.29, 1.82) is 0 Å². The molecule has 0 aromatic carbocycles. The second-order valence-corrected chi connectivity index (χ2v) is 6.02. The van der Waals surface area contributed by atoms with Crippen LogP contribution in [0.5, 0.6) is 0 Å². The van der Waals surface area contributed by atoms with Crippen molar-refractivity contribution in [3.63, 3.8) is 0 Å². The Labute approximate surface area is 125 Å². The van der Waals surface area contributed by atoms with Gasteiger partial charge in [0, 0.05) is 25.6 Å². The summed E-state index contributed by atoms with van der Waals surface area (Å²) in [6.45, 7) is 5.34. The number of rotatable bonds is 4. The summed E-state index contributed by atoms with van der Waals surface area (Å²) < 4.78 is 12.8. The zero-order chi connectivity index (χ0) is 14.7. The van der Waals surface area contributed by atoms with Gasteiger partial charge in [-0.3, -0.25) is 14.7 Å². The highest BCUT2D eigenvalue weighted by Crippen LogP contribution is 2.21. The number of Topliss-reactive ketones (excluding diaryl/α,β-unsaturated/α-hetero) is 1. The highest BCUT2D eigenvalue weighted by Gasteiger charge is 2.28. The molecule has 0 amide bonds. The van der Waals surface area contributed by atoms with Gasteiger partial charge in [-0.15, -0.1) is 0 Å². The number of carbonyl (C=O) groups is 1. The van der Waals surface area contributed by atoms with Gasteiger partial charge < -0.3 is 4.90 Å². The van der Waals surface area contributed by atoms with E-state index in [1.165, 1.54) is 44.5 Å². The molecule has 1 atom stereocenters. The monoisotopic (exact) mass is 291 g/mol. The summed E-state index contributed by atoms with van der Waals surface area (Å²) in [5, 5.41) is 0. The van der Waals surface area contributed by atoms with Gasteiger partial charge in [-0.1, -0.05) is 0 Å². The van der Waals surface area contributed by atoms with Crippen LogP contribution in [0.4, 0.5) is 4.39 Å². The van der Waals surface area contributed by atoms with Gasteiger partial charge in [-0.05, 0) is 51.0 Å². The van der Waals surface area contributed by atoms with E-state index in [2.05, 4.69) is 14.8 Å². The van der Waals surface area contributed by atoms with Crippen molar-refractivity contribution in [1.82, 2.24) is 14.8 Å². The first kappa shape index (κ1) is 14.6. The van der Waals surface area contributed by atoms with Crippen LogP contribution in [0.3, 0.4) is 0 Å². The van der Waals surface area contributed by atoms with E-state index in [1.54, 1.807) is 0 Å². The standard InChI is InChI=1S/C16H22FN3O/c17-13-4-5-15(18-11-13)16(21)6-10-19-7-2-9-20-8-1-3-14(20)12-19/h4-5,11,14H,1-3,6-10,12H2. The molecule has 0 N–H and O–H groups in total. The van der Waals surface area contributed by atoms with E-state index in [4.69, 9.17) is 0 Å². The molecule has 0 bridgehead atoms. The maximum absolute atomic E-state index is 12.8. The molecular formula is C16H22FN3O. The molecular weight excluding hydrogens is 269 g/mol. The topological polar surface area (TPSA) is 36.4 Å². The van der Waals surface area contributed by atoms with Gasteiger partial charge in [-0.2, -0.15) is 0 Å². The third-order valence-electron chi connectivity index (χ3n) is 4.56. The first-order valence-electron chi connectivity index (χ1n) is 7.83. The average Bonchev–Trinajstić information content (AvgIpc) is 2.83. The van der Waals surface area contributed by atoms with Crippen LogP contribution >= 0.6 is 0 Å². The molecule has 4 nitrogen and oxygen atoms in total. The zero-order valence-corrected chi connectivity index (χ0v) is 12.3. The Bertz CT molecular complexity index is 491. The molecule has 2 saturated heterocycles. The van der Waals surface area contributed by atoms with Gasteiger partial charge in [-0.25, -0.2) is 4.39 Å². The predicted molar refractivity (Wildman–Crippen MR) is 78.8 cm³/mol. The summed E-state index contributed by atoms with van der Waals surface area (Å²) in [6, 6.07) is 3.44. The Morgan fingerprint density at radius 1 is 1.29 bits per heavy atom. The Balaban J connectivity index is 1.52. The maximum atomic E-state index is 12.8. The molecule has 0 saturated carbocycles. The molecule has 0 aliphatic carbocycles. The van der Waals surface area contributed by atoms with E-state index < -0.39 is 5.82 Å². The van der Waals surface area contributed by atoms with Crippen molar-refractivity contribution in [3.05, 3.63) is 29.8 Å². The van der Waals surface area contributed by atoms with Crippen molar-refractivity contribution in [2.24, 2.45) is 0 Å². The number of halogens is 1. The van der Waals surface area contributed by atoms with Gasteiger partial charge in [0.25, 0.3) is 0 Å². The Morgan fingerprint density at radius 3 is 2.95 bits per heavy atom. The van der Waals surface area contributed by atoms with Crippen LogP contribution in [-0.2, 0) is 0 Å². The van der Waals surface area contributed by atoms with E-state index in [-0.39, 0.29) is 5.78 Å². The molecule has 0 radical (unpaired) electrons. The lowest BCUT2D eigenvalue weighted by atomic mass is 10.1. The van der Waals surface area contributed by atoms with Crippen LogP contribution in [0.15, 0.2) is 18.3 Å². The zero-order valence-electron chi connectivity index (χ0n) is 12.3. The van der Waals surface area contributed by atoms with E-state index in [0.717, 1.165) is 25.8 Å². The average molecular weight is 291 g/mol. The van der Waals surface area contributed by atoms with Gasteiger partial charge in [0.2, 0.25) is 0 Å². The minimum absolute atomic E-state index is 0.00234. The SMILES string of the molecule is O=C(CCN1CCCN2CCCC2C1)c1ccc(F)cn1. The van der Waals surface area contributed by atoms with Crippen LogP contribution in [0.25, 0.3) is 0 Å². The summed E-state index contributed by atoms with van der Waals surface area (Å²) >= 11 is 0. The Morgan fingerprint density at radius 2 is 2.14 bits per heavy atom. The molecule has 3 heterocycles. The summed E-state index contributed by atoms with van der Waals surface area (Å²) in [7, 11) is 0. The molecule has 114 valence electrons. The molecule has 0 spiro atoms. The van der Waals surface area contributed by atoms with Crippen LogP contribution in [-0.4, -0.2) is 59.3 Å². The number of carbonyl (C=O) groups excluding carboxylic acids is 1. The second-order valence-electron chi connectivity index (χ2n) is 6.02. The largest absolute Gasteiger partial charge is 0.301 e. The number of pyridine rings is 1. The number of fused-ring (bicyclic) bond motifs is 1. The number of hydrogen-bond acceptors (Lipinski definition) is 4. The lowest BCUT2D eigenvalue weighted by Crippen LogP contribution is -2.37. The van der Waals surface area contributed by atoms with Crippen molar-refractivity contribution in [3.8, 4) is 0 Å². The molecule has 1 unspecified atom stereocenters. The molecule has 5 heteroatoms. The summed E-state index contributed by atoms with van der Waals surface area (Å²) in [5.74, 6) is -0.400. The fraction of sp³-hybridized carbons (Fsp3) is 0.625. The normalized spacial score (nSPS) is 23.8. The Hall–Kier alpha value is -1.33. The Kier molecular flexibility index (Phi) is 4.60. The van der Waals surface area contributed by atoms with Crippen molar-refractivity contribution >= 4 is 5.78 Å². The quantitative estimate of drug-likeness (QED) is 0.795. The van der Waals surface area contributed by atoms with Crippen molar-refractivity contribution < 1.29 is 9.18 Å². The number of nitrogens with zero attached hydrogens (tertiary/aromatic N) is 3. The van der Waals surface area contributed by atoms with E-state index in [1.807, 2.05) is 0 Å². The molecule has 21 heavy (non-hydrogen) atoms. The molecule has 2 aliphatic rings. The maximum Gasteiger partial charge on any atom is 0.182 e. The van der Waals surface area contributed by atoms with Gasteiger partial charge in [0.15, 0.2) is 5.78 Å². The smallest absolute Gasteiger partial charge is 0.182 e. The molecule has 1 aromatic rings. The van der Waals surface area contributed by atoms with E-state index in [0.29, 0.717) is 18.2 Å². The van der Waals surface area contributed by atoms with Gasteiger partial charge in [0.05, 0.1) is 6.20 Å². The fourth-order valence-corrected chi connectivity index (χ4v) is 3.41. The van der Waals surface area contributed by atoms with E-state index >= 15 is 0 Å². The second kappa shape index (κ2) is 6.62. The highest BCUT2D eigenvalue weighted by molar-refractivity contribution is 5.94. The first-order chi connectivity index (χ1) is 10.2. The molecule has 3 rings (SSSR count). The number of ketones is 1. The van der Waals surface area contributed by atoms with Crippen LogP contribution in [0.1, 0.15) is 36.2 Å². The molecule has 1 aromatic heterocycles. The minimum atomic E-state index is -0.402. The minimum Gasteiger partial charge on any atom is -0.301 e. The third-order valence-corrected chi connectivity index (χ3v) is 4.56. The highest BCUT2D eigenvalue weighted by atomic mass is 19.1. The summed E-state index contributed by atoms with van der Waals surface area (Å²) in [6.07, 6.45) is 5.33. The van der Waals surface area contributed by atoms with Gasteiger partial charge in [0.1, 0.15) is 11.5 Å². The lowest BCUT2D eigenvalue weighted by Gasteiger charge is -2.25. The lowest BCUT2D eigenvalue weighted by molar-refractivity contribution is 0.0957. The van der Waals surface area contributed by atoms with Crippen molar-refractivity contribution in [2.75, 3.05) is 32.7 Å². The van der Waals surface area contributed by atoms with Crippen molar-refractivity contribution in [2.45, 2.75) is 31.7 Å². The number of aromatic nitrogens is 1. The molecule has 2 fully saturated rings. The van der Waals surface area contributed by atoms with E-state index in [9.17, 15) is 9.18 Å². The van der Waals surface area contributed by atoms with Gasteiger partial charge >= 0.3 is 0 Å². The summed E-state index contributed by atoms with van der Waals surface area (Å²) in [5.41, 5.74) is 0.369. The fourth-order valence-electron chi connectivity index (χ4n) is 3.41.